The quantitative estimate of drug-likeness (QED) is 0.624. The molecule has 1 aromatic carbocycles. The minimum Gasteiger partial charge on any atom is -0.497 e. The molecule has 0 spiro atoms. The molecule has 2 aliphatic heterocycles. The van der Waals surface area contributed by atoms with E-state index in [1.165, 1.54) is 7.11 Å². The SMILES string of the molecule is COc1ccc(CC[C@@](O)([C@H]2O[C@@H]3SC(N(C)C)=N[C@@H]3[C@@H](O)[C@@H]2O)C(F)(F)F)cc1. The van der Waals surface area contributed by atoms with Crippen molar-refractivity contribution in [2.45, 2.75) is 54.4 Å². The van der Waals surface area contributed by atoms with Crippen LogP contribution in [0.25, 0.3) is 0 Å². The van der Waals surface area contributed by atoms with Gasteiger partial charge in [0.1, 0.15) is 35.5 Å². The molecule has 0 radical (unpaired) electrons. The van der Waals surface area contributed by atoms with Crippen LogP contribution in [-0.4, -0.2) is 88.2 Å². The summed E-state index contributed by atoms with van der Waals surface area (Å²) in [6, 6.07) is 5.50. The zero-order chi connectivity index (χ0) is 22.3. The van der Waals surface area contributed by atoms with Crippen molar-refractivity contribution in [3.63, 3.8) is 0 Å². The standard InChI is InChI=1S/C19H25F3N2O5S/c1-24(2)17-23-12-13(25)14(26)15(29-16(12)30-17)18(27,19(20,21)22)9-8-10-4-6-11(28-3)7-5-10/h4-7,12-16,25-27H,8-9H2,1-3H3/t12-,13-,14+,15+,16-,18-/m1/s1. The van der Waals surface area contributed by atoms with Crippen LogP contribution in [0.2, 0.25) is 0 Å². The van der Waals surface area contributed by atoms with Crippen LogP contribution in [-0.2, 0) is 11.2 Å². The van der Waals surface area contributed by atoms with E-state index < -0.39 is 48.0 Å². The van der Waals surface area contributed by atoms with Crippen molar-refractivity contribution in [3.8, 4) is 5.75 Å². The second-order valence-electron chi connectivity index (χ2n) is 7.59. The van der Waals surface area contributed by atoms with Gasteiger partial charge in [-0.3, -0.25) is 4.99 Å². The maximum atomic E-state index is 14.0. The predicted octanol–water partition coefficient (Wildman–Crippen LogP) is 1.40. The summed E-state index contributed by atoms with van der Waals surface area (Å²) in [4.78, 5) is 5.86. The van der Waals surface area contributed by atoms with Gasteiger partial charge in [-0.1, -0.05) is 23.9 Å². The van der Waals surface area contributed by atoms with Crippen LogP contribution in [0.4, 0.5) is 13.2 Å². The average molecular weight is 450 g/mol. The molecule has 11 heteroatoms. The maximum absolute atomic E-state index is 14.0. The number of benzene rings is 1. The molecule has 1 fully saturated rings. The van der Waals surface area contributed by atoms with E-state index in [9.17, 15) is 28.5 Å². The zero-order valence-corrected chi connectivity index (χ0v) is 17.5. The van der Waals surface area contributed by atoms with Crippen molar-refractivity contribution >= 4 is 16.9 Å². The third-order valence-corrected chi connectivity index (χ3v) is 6.65. The van der Waals surface area contributed by atoms with Gasteiger partial charge >= 0.3 is 6.18 Å². The molecule has 0 saturated carbocycles. The summed E-state index contributed by atoms with van der Waals surface area (Å²) >= 11 is 1.05. The van der Waals surface area contributed by atoms with E-state index in [-0.39, 0.29) is 6.42 Å². The van der Waals surface area contributed by atoms with Crippen LogP contribution < -0.4 is 4.74 Å². The number of aliphatic imine (C=N–C) groups is 1. The molecule has 2 aliphatic rings. The Hall–Kier alpha value is -1.53. The molecule has 0 aromatic heterocycles. The lowest BCUT2D eigenvalue weighted by Crippen LogP contribution is -2.67. The van der Waals surface area contributed by atoms with Crippen LogP contribution in [0.1, 0.15) is 12.0 Å². The summed E-state index contributed by atoms with van der Waals surface area (Å²) in [7, 11) is 4.87. The van der Waals surface area contributed by atoms with E-state index in [0.717, 1.165) is 11.8 Å². The fourth-order valence-electron chi connectivity index (χ4n) is 3.53. The number of amidine groups is 1. The van der Waals surface area contributed by atoms with Crippen LogP contribution in [0.3, 0.4) is 0 Å². The van der Waals surface area contributed by atoms with Crippen LogP contribution in [0.15, 0.2) is 29.3 Å². The van der Waals surface area contributed by atoms with Gasteiger partial charge < -0.3 is 29.7 Å². The number of rotatable bonds is 5. The molecule has 168 valence electrons. The lowest BCUT2D eigenvalue weighted by Gasteiger charge is -2.46. The Bertz CT molecular complexity index is 776. The van der Waals surface area contributed by atoms with Crippen LogP contribution in [0, 0.1) is 0 Å². The number of ether oxygens (including phenoxy) is 2. The summed E-state index contributed by atoms with van der Waals surface area (Å²) < 4.78 is 52.5. The van der Waals surface area contributed by atoms with Gasteiger partial charge in [-0.25, -0.2) is 0 Å². The summed E-state index contributed by atoms with van der Waals surface area (Å²) in [5.74, 6) is 0.556. The van der Waals surface area contributed by atoms with Gasteiger partial charge in [-0.2, -0.15) is 13.2 Å². The maximum Gasteiger partial charge on any atom is 0.419 e. The summed E-state index contributed by atoms with van der Waals surface area (Å²) in [6.07, 6.45) is -11.6. The number of aliphatic hydroxyl groups excluding tert-OH is 2. The number of thioether (sulfide) groups is 1. The fourth-order valence-corrected chi connectivity index (χ4v) is 4.67. The van der Waals surface area contributed by atoms with Crippen molar-refractivity contribution < 1.29 is 38.0 Å². The number of aliphatic hydroxyl groups is 3. The number of alkyl halides is 3. The molecule has 0 aliphatic carbocycles. The minimum atomic E-state index is -5.09. The van der Waals surface area contributed by atoms with Gasteiger partial charge in [0.05, 0.1) is 7.11 Å². The number of hydrogen-bond acceptors (Lipinski definition) is 8. The highest BCUT2D eigenvalue weighted by molar-refractivity contribution is 8.14. The topological polar surface area (TPSA) is 94.8 Å². The monoisotopic (exact) mass is 450 g/mol. The van der Waals surface area contributed by atoms with E-state index in [2.05, 4.69) is 4.99 Å². The van der Waals surface area contributed by atoms with Gasteiger partial charge in [0.2, 0.25) is 0 Å². The first-order valence-electron chi connectivity index (χ1n) is 9.33. The highest BCUT2D eigenvalue weighted by Crippen LogP contribution is 2.45. The second-order valence-corrected chi connectivity index (χ2v) is 8.66. The number of aryl methyl sites for hydroxylation is 1. The Morgan fingerprint density at radius 1 is 1.17 bits per heavy atom. The molecular formula is C19H25F3N2O5S. The lowest BCUT2D eigenvalue weighted by molar-refractivity contribution is -0.326. The Morgan fingerprint density at radius 3 is 2.33 bits per heavy atom. The highest BCUT2D eigenvalue weighted by Gasteiger charge is 2.65. The molecule has 0 amide bonds. The Kier molecular flexibility index (Phi) is 6.59. The molecule has 3 N–H and O–H groups in total. The molecule has 6 atom stereocenters. The number of fused-ring (bicyclic) bond motifs is 1. The largest absolute Gasteiger partial charge is 0.497 e. The van der Waals surface area contributed by atoms with Gasteiger partial charge in [-0.15, -0.1) is 0 Å². The van der Waals surface area contributed by atoms with Crippen molar-refractivity contribution in [1.82, 2.24) is 4.90 Å². The first-order chi connectivity index (χ1) is 14.0. The van der Waals surface area contributed by atoms with Crippen molar-refractivity contribution in [2.24, 2.45) is 4.99 Å². The molecular weight excluding hydrogens is 425 g/mol. The molecule has 7 nitrogen and oxygen atoms in total. The molecule has 0 bridgehead atoms. The van der Waals surface area contributed by atoms with E-state index in [1.54, 1.807) is 43.3 Å². The first-order valence-corrected chi connectivity index (χ1v) is 10.2. The number of hydrogen-bond donors (Lipinski definition) is 3. The van der Waals surface area contributed by atoms with Crippen LogP contribution >= 0.6 is 11.8 Å². The summed E-state index contributed by atoms with van der Waals surface area (Å²) in [6.45, 7) is 0. The molecule has 30 heavy (non-hydrogen) atoms. The van der Waals surface area contributed by atoms with Crippen molar-refractivity contribution in [2.75, 3.05) is 21.2 Å². The third-order valence-electron chi connectivity index (χ3n) is 5.35. The fraction of sp³-hybridized carbons (Fsp3) is 0.632. The van der Waals surface area contributed by atoms with E-state index in [4.69, 9.17) is 9.47 Å². The Morgan fingerprint density at radius 2 is 1.80 bits per heavy atom. The predicted molar refractivity (Wildman–Crippen MR) is 105 cm³/mol. The van der Waals surface area contributed by atoms with Gasteiger partial charge in [0.25, 0.3) is 0 Å². The molecule has 3 rings (SSSR count). The molecule has 1 saturated heterocycles. The Balaban J connectivity index is 1.82. The second kappa shape index (κ2) is 8.54. The number of methoxy groups -OCH3 is 1. The number of halogens is 3. The van der Waals surface area contributed by atoms with E-state index in [1.807, 2.05) is 0 Å². The summed E-state index contributed by atoms with van der Waals surface area (Å²) in [5.41, 5.74) is -3.75. The Labute approximate surface area is 176 Å². The highest BCUT2D eigenvalue weighted by atomic mass is 32.2. The van der Waals surface area contributed by atoms with E-state index in [0.29, 0.717) is 16.5 Å². The zero-order valence-electron chi connectivity index (χ0n) is 16.7. The molecule has 2 heterocycles. The number of nitrogens with zero attached hydrogens (tertiary/aromatic N) is 2. The van der Waals surface area contributed by atoms with Gasteiger partial charge in [0.15, 0.2) is 10.8 Å². The van der Waals surface area contributed by atoms with Crippen LogP contribution in [0.5, 0.6) is 5.75 Å². The van der Waals surface area contributed by atoms with Crippen molar-refractivity contribution in [1.29, 1.82) is 0 Å². The van der Waals surface area contributed by atoms with Gasteiger partial charge in [0, 0.05) is 14.1 Å². The van der Waals surface area contributed by atoms with E-state index >= 15 is 0 Å². The minimum absolute atomic E-state index is 0.122. The van der Waals surface area contributed by atoms with Crippen molar-refractivity contribution in [3.05, 3.63) is 29.8 Å². The molecule has 1 aromatic rings. The molecule has 0 unspecified atom stereocenters. The average Bonchev–Trinajstić information content (AvgIpc) is 3.13. The summed E-state index contributed by atoms with van der Waals surface area (Å²) in [5, 5.41) is 32.0. The smallest absolute Gasteiger partial charge is 0.419 e. The van der Waals surface area contributed by atoms with Gasteiger partial charge in [-0.05, 0) is 30.5 Å². The lowest BCUT2D eigenvalue weighted by atomic mass is 9.81. The normalized spacial score (nSPS) is 31.0. The third kappa shape index (κ3) is 4.26. The first kappa shape index (κ1) is 23.1.